The molecule has 7 heteroatoms. The minimum Gasteiger partial charge on any atom is -0.477 e. The van der Waals surface area contributed by atoms with Crippen LogP contribution in [-0.4, -0.2) is 16.6 Å². The zero-order valence-electron chi connectivity index (χ0n) is 10.1. The molecule has 0 saturated carbocycles. The fourth-order valence-electron chi connectivity index (χ4n) is 1.40. The smallest absolute Gasteiger partial charge is 0.451 e. The summed E-state index contributed by atoms with van der Waals surface area (Å²) >= 11 is 5.50. The number of hydrogen-bond donors (Lipinski definition) is 0. The molecule has 0 spiro atoms. The van der Waals surface area contributed by atoms with Gasteiger partial charge in [-0.25, -0.2) is 4.98 Å². The Morgan fingerprint density at radius 3 is 2.61 bits per heavy atom. The van der Waals surface area contributed by atoms with Crippen LogP contribution >= 0.6 is 11.6 Å². The first-order valence-corrected chi connectivity index (χ1v) is 5.95. The van der Waals surface area contributed by atoms with Gasteiger partial charge in [0, 0.05) is 6.07 Å². The van der Waals surface area contributed by atoms with Crippen molar-refractivity contribution in [1.82, 2.24) is 9.97 Å². The highest BCUT2D eigenvalue weighted by atomic mass is 35.5. The summed E-state index contributed by atoms with van der Waals surface area (Å²) in [5, 5.41) is -0.282. The third kappa shape index (κ3) is 4.68. The van der Waals surface area contributed by atoms with Crippen molar-refractivity contribution in [3.8, 4) is 5.88 Å². The standard InChI is InChI=1S/C11H14ClF3N2O/c1-3-4-7(2)6-18-9-5-8(12)16-10(17-9)11(13,14)15/h5,7H,3-4,6H2,1-2H3. The molecule has 0 radical (unpaired) electrons. The lowest BCUT2D eigenvalue weighted by Gasteiger charge is -2.12. The molecule has 0 aromatic carbocycles. The van der Waals surface area contributed by atoms with Crippen LogP contribution in [0.3, 0.4) is 0 Å². The van der Waals surface area contributed by atoms with Gasteiger partial charge in [0.15, 0.2) is 0 Å². The molecule has 0 amide bonds. The number of alkyl halides is 3. The number of hydrogen-bond acceptors (Lipinski definition) is 3. The molecule has 1 aromatic rings. The first-order chi connectivity index (χ1) is 8.32. The molecule has 0 N–H and O–H groups in total. The van der Waals surface area contributed by atoms with E-state index in [2.05, 4.69) is 9.97 Å². The van der Waals surface area contributed by atoms with Crippen LogP contribution in [0.2, 0.25) is 5.15 Å². The van der Waals surface area contributed by atoms with E-state index < -0.39 is 12.0 Å². The van der Waals surface area contributed by atoms with Gasteiger partial charge in [0.05, 0.1) is 6.61 Å². The topological polar surface area (TPSA) is 35.0 Å². The van der Waals surface area contributed by atoms with Gasteiger partial charge in [-0.2, -0.15) is 18.2 Å². The molecule has 0 saturated heterocycles. The Hall–Kier alpha value is -1.04. The average molecular weight is 283 g/mol. The summed E-state index contributed by atoms with van der Waals surface area (Å²) < 4.78 is 42.5. The number of nitrogens with zero attached hydrogens (tertiary/aromatic N) is 2. The van der Waals surface area contributed by atoms with Crippen LogP contribution in [-0.2, 0) is 6.18 Å². The van der Waals surface area contributed by atoms with Gasteiger partial charge in [-0.15, -0.1) is 0 Å². The summed E-state index contributed by atoms with van der Waals surface area (Å²) in [6.07, 6.45) is -2.70. The summed E-state index contributed by atoms with van der Waals surface area (Å²) in [6, 6.07) is 1.18. The Bertz CT molecular complexity index is 398. The van der Waals surface area contributed by atoms with E-state index in [9.17, 15) is 13.2 Å². The highest BCUT2D eigenvalue weighted by Gasteiger charge is 2.35. The third-order valence-electron chi connectivity index (χ3n) is 2.22. The van der Waals surface area contributed by atoms with Crippen LogP contribution in [0.4, 0.5) is 13.2 Å². The lowest BCUT2D eigenvalue weighted by molar-refractivity contribution is -0.145. The predicted octanol–water partition coefficient (Wildman–Crippen LogP) is 3.96. The molecular formula is C11H14ClF3N2O. The van der Waals surface area contributed by atoms with Crippen LogP contribution in [0.5, 0.6) is 5.88 Å². The van der Waals surface area contributed by atoms with Crippen molar-refractivity contribution in [1.29, 1.82) is 0 Å². The van der Waals surface area contributed by atoms with Gasteiger partial charge in [0.2, 0.25) is 11.7 Å². The summed E-state index contributed by atoms with van der Waals surface area (Å²) in [4.78, 5) is 6.41. The third-order valence-corrected chi connectivity index (χ3v) is 2.42. The van der Waals surface area contributed by atoms with E-state index in [1.807, 2.05) is 13.8 Å². The SMILES string of the molecule is CCCC(C)COc1cc(Cl)nc(C(F)(F)F)n1. The van der Waals surface area contributed by atoms with E-state index >= 15 is 0 Å². The van der Waals surface area contributed by atoms with Crippen LogP contribution in [0.25, 0.3) is 0 Å². The quantitative estimate of drug-likeness (QED) is 0.767. The van der Waals surface area contributed by atoms with Crippen molar-refractivity contribution < 1.29 is 17.9 Å². The molecule has 1 atom stereocenters. The predicted molar refractivity (Wildman–Crippen MR) is 61.6 cm³/mol. The maximum atomic E-state index is 12.4. The molecule has 102 valence electrons. The van der Waals surface area contributed by atoms with E-state index in [-0.39, 0.29) is 17.0 Å². The molecule has 3 nitrogen and oxygen atoms in total. The maximum Gasteiger partial charge on any atom is 0.451 e. The van der Waals surface area contributed by atoms with Crippen molar-refractivity contribution in [2.45, 2.75) is 32.9 Å². The molecule has 1 unspecified atom stereocenters. The van der Waals surface area contributed by atoms with Crippen LogP contribution in [0.15, 0.2) is 6.07 Å². The first kappa shape index (κ1) is 15.0. The fourth-order valence-corrected chi connectivity index (χ4v) is 1.57. The van der Waals surface area contributed by atoms with Gasteiger partial charge >= 0.3 is 6.18 Å². The molecule has 0 aliphatic heterocycles. The lowest BCUT2D eigenvalue weighted by Crippen LogP contribution is -2.14. The van der Waals surface area contributed by atoms with E-state index in [1.54, 1.807) is 0 Å². The Balaban J connectivity index is 2.75. The minimum atomic E-state index is -4.63. The minimum absolute atomic E-state index is 0.148. The van der Waals surface area contributed by atoms with Crippen molar-refractivity contribution >= 4 is 11.6 Å². The zero-order chi connectivity index (χ0) is 13.8. The number of halogens is 4. The molecule has 1 aromatic heterocycles. The van der Waals surface area contributed by atoms with Crippen LogP contribution in [0.1, 0.15) is 32.5 Å². The van der Waals surface area contributed by atoms with Crippen molar-refractivity contribution in [3.63, 3.8) is 0 Å². The highest BCUT2D eigenvalue weighted by molar-refractivity contribution is 6.29. The molecule has 0 aliphatic rings. The Morgan fingerprint density at radius 2 is 2.06 bits per heavy atom. The largest absolute Gasteiger partial charge is 0.477 e. The summed E-state index contributed by atoms with van der Waals surface area (Å²) in [5.41, 5.74) is 0. The van der Waals surface area contributed by atoms with Crippen molar-refractivity contribution in [2.24, 2.45) is 5.92 Å². The maximum absolute atomic E-state index is 12.4. The van der Waals surface area contributed by atoms with E-state index in [4.69, 9.17) is 16.3 Å². The molecule has 0 aliphatic carbocycles. The summed E-state index contributed by atoms with van der Waals surface area (Å²) in [6.45, 7) is 4.29. The second-order valence-electron chi connectivity index (χ2n) is 4.06. The number of aromatic nitrogens is 2. The molecule has 1 heterocycles. The number of rotatable bonds is 5. The first-order valence-electron chi connectivity index (χ1n) is 5.57. The second-order valence-corrected chi connectivity index (χ2v) is 4.44. The van der Waals surface area contributed by atoms with Gasteiger partial charge in [-0.05, 0) is 12.3 Å². The molecule has 0 fully saturated rings. The van der Waals surface area contributed by atoms with Crippen molar-refractivity contribution in [3.05, 3.63) is 17.0 Å². The van der Waals surface area contributed by atoms with Gasteiger partial charge in [-0.1, -0.05) is 31.9 Å². The van der Waals surface area contributed by atoms with Gasteiger partial charge in [0.1, 0.15) is 5.15 Å². The van der Waals surface area contributed by atoms with E-state index in [0.717, 1.165) is 12.8 Å². The summed E-state index contributed by atoms with van der Waals surface area (Å²) in [7, 11) is 0. The van der Waals surface area contributed by atoms with Crippen molar-refractivity contribution in [2.75, 3.05) is 6.61 Å². The van der Waals surface area contributed by atoms with Gasteiger partial charge < -0.3 is 4.74 Å². The Kier molecular flexibility index (Phi) is 5.19. The van der Waals surface area contributed by atoms with Crippen LogP contribution in [0, 0.1) is 5.92 Å². The molecule has 1 rings (SSSR count). The van der Waals surface area contributed by atoms with E-state index in [1.165, 1.54) is 6.07 Å². The van der Waals surface area contributed by atoms with Crippen LogP contribution < -0.4 is 4.74 Å². The molecule has 0 bridgehead atoms. The fraction of sp³-hybridized carbons (Fsp3) is 0.636. The monoisotopic (exact) mass is 282 g/mol. The van der Waals surface area contributed by atoms with E-state index in [0.29, 0.717) is 6.61 Å². The highest BCUT2D eigenvalue weighted by Crippen LogP contribution is 2.28. The van der Waals surface area contributed by atoms with Gasteiger partial charge in [-0.3, -0.25) is 0 Å². The molecule has 18 heavy (non-hydrogen) atoms. The number of ether oxygens (including phenoxy) is 1. The molecular weight excluding hydrogens is 269 g/mol. The van der Waals surface area contributed by atoms with Gasteiger partial charge in [0.25, 0.3) is 0 Å². The normalized spacial score (nSPS) is 13.4. The average Bonchev–Trinajstić information content (AvgIpc) is 2.25. The second kappa shape index (κ2) is 6.22. The summed E-state index contributed by atoms with van der Waals surface area (Å²) in [5.74, 6) is -1.18. The Labute approximate surface area is 108 Å². The zero-order valence-corrected chi connectivity index (χ0v) is 10.8. The Morgan fingerprint density at radius 1 is 1.39 bits per heavy atom. The lowest BCUT2D eigenvalue weighted by atomic mass is 10.1.